The molecule has 206 valence electrons. The van der Waals surface area contributed by atoms with Crippen molar-refractivity contribution in [2.45, 2.75) is 88.3 Å². The molecule has 6 rings (SSSR count). The number of hydrogen-bond acceptors (Lipinski definition) is 10. The van der Waals surface area contributed by atoms with Gasteiger partial charge in [0.15, 0.2) is 11.0 Å². The Hall–Kier alpha value is -3.63. The number of aryl methyl sites for hydroxylation is 2. The molecule has 3 aliphatic heterocycles. The molecule has 5 atom stereocenters. The van der Waals surface area contributed by atoms with E-state index in [-0.39, 0.29) is 28.6 Å². The van der Waals surface area contributed by atoms with Gasteiger partial charge in [-0.15, -0.1) is 0 Å². The fraction of sp³-hybridized carbons (Fsp3) is 0.483. The lowest BCUT2D eigenvalue weighted by Gasteiger charge is -2.44. The molecule has 2 saturated heterocycles. The lowest BCUT2D eigenvalue weighted by Crippen LogP contribution is -2.52. The number of ether oxygens (including phenoxy) is 3. The standard InChI is InChI=1S/C29H32N2O8/c1-14-10-18(33)24-19(36-14)12-20-23(25(24)34)17-6-5-16(32)13-29(27(35)37-26(17)28(2,3)38-20)21(39-29)7-4-15-8-9-31-22(30)11-15/h8-12,16-17,21,26,32,34H,4-7,13H2,1-3H3,(H2,30,31). The summed E-state index contributed by atoms with van der Waals surface area (Å²) >= 11 is 0. The van der Waals surface area contributed by atoms with Crippen LogP contribution in [0.1, 0.15) is 62.3 Å². The van der Waals surface area contributed by atoms with Crippen LogP contribution in [-0.4, -0.2) is 50.7 Å². The summed E-state index contributed by atoms with van der Waals surface area (Å²) in [6.07, 6.45) is 1.60. The van der Waals surface area contributed by atoms with E-state index in [0.29, 0.717) is 48.6 Å². The van der Waals surface area contributed by atoms with Crippen molar-refractivity contribution in [1.82, 2.24) is 4.98 Å². The van der Waals surface area contributed by atoms with Crippen LogP contribution in [0.3, 0.4) is 0 Å². The topological polar surface area (TPSA) is 158 Å². The highest BCUT2D eigenvalue weighted by atomic mass is 16.7. The number of nitrogens with two attached hydrogens (primary N) is 1. The molecular weight excluding hydrogens is 504 g/mol. The Labute approximate surface area is 224 Å². The van der Waals surface area contributed by atoms with Gasteiger partial charge in [0.2, 0.25) is 0 Å². The van der Waals surface area contributed by atoms with Crippen molar-refractivity contribution in [3.8, 4) is 11.5 Å². The number of epoxide rings is 1. The summed E-state index contributed by atoms with van der Waals surface area (Å²) < 4.78 is 24.1. The Morgan fingerprint density at radius 1 is 1.18 bits per heavy atom. The number of aromatic hydroxyl groups is 1. The number of aliphatic hydroxyl groups is 1. The summed E-state index contributed by atoms with van der Waals surface area (Å²) in [5, 5.41) is 22.3. The maximum Gasteiger partial charge on any atom is 0.341 e. The molecule has 2 aromatic heterocycles. The second-order valence-corrected chi connectivity index (χ2v) is 11.4. The van der Waals surface area contributed by atoms with E-state index < -0.39 is 41.4 Å². The molecule has 0 bridgehead atoms. The van der Waals surface area contributed by atoms with E-state index in [1.807, 2.05) is 19.9 Å². The monoisotopic (exact) mass is 536 g/mol. The zero-order valence-corrected chi connectivity index (χ0v) is 22.1. The van der Waals surface area contributed by atoms with Gasteiger partial charge in [0.25, 0.3) is 0 Å². The van der Waals surface area contributed by atoms with Crippen molar-refractivity contribution in [1.29, 1.82) is 0 Å². The summed E-state index contributed by atoms with van der Waals surface area (Å²) in [7, 11) is 0. The van der Waals surface area contributed by atoms with E-state index in [9.17, 15) is 19.8 Å². The molecule has 0 saturated carbocycles. The van der Waals surface area contributed by atoms with Crippen LogP contribution in [0.25, 0.3) is 11.0 Å². The van der Waals surface area contributed by atoms with Crippen molar-refractivity contribution in [3.63, 3.8) is 0 Å². The van der Waals surface area contributed by atoms with Crippen LogP contribution in [0.4, 0.5) is 5.82 Å². The molecule has 10 nitrogen and oxygen atoms in total. The summed E-state index contributed by atoms with van der Waals surface area (Å²) in [6, 6.07) is 6.58. The number of pyridine rings is 1. The third-order valence-corrected chi connectivity index (χ3v) is 8.20. The summed E-state index contributed by atoms with van der Waals surface area (Å²) in [5.74, 6) is -0.148. The van der Waals surface area contributed by atoms with Crippen LogP contribution in [0.5, 0.6) is 11.5 Å². The molecule has 1 spiro atoms. The zero-order valence-electron chi connectivity index (χ0n) is 22.1. The molecule has 5 heterocycles. The van der Waals surface area contributed by atoms with Gasteiger partial charge in [0.05, 0.1) is 12.2 Å². The molecule has 1 aromatic carbocycles. The smallest absolute Gasteiger partial charge is 0.341 e. The van der Waals surface area contributed by atoms with Crippen molar-refractivity contribution >= 4 is 22.8 Å². The number of aliphatic hydroxyl groups excluding tert-OH is 1. The molecule has 0 amide bonds. The number of benzene rings is 1. The van der Waals surface area contributed by atoms with Gasteiger partial charge >= 0.3 is 5.97 Å². The highest BCUT2D eigenvalue weighted by Gasteiger charge is 2.65. The van der Waals surface area contributed by atoms with Gasteiger partial charge in [-0.25, -0.2) is 9.78 Å². The second kappa shape index (κ2) is 8.96. The van der Waals surface area contributed by atoms with Gasteiger partial charge in [-0.05, 0) is 64.2 Å². The Morgan fingerprint density at radius 2 is 1.97 bits per heavy atom. The largest absolute Gasteiger partial charge is 0.507 e. The average Bonchev–Trinajstić information content (AvgIpc) is 3.54. The minimum Gasteiger partial charge on any atom is -0.507 e. The van der Waals surface area contributed by atoms with Crippen LogP contribution in [0.2, 0.25) is 0 Å². The van der Waals surface area contributed by atoms with E-state index in [0.717, 1.165) is 5.56 Å². The second-order valence-electron chi connectivity index (χ2n) is 11.4. The molecule has 0 aliphatic carbocycles. The fourth-order valence-electron chi connectivity index (χ4n) is 6.30. The number of phenols is 1. The van der Waals surface area contributed by atoms with E-state index in [2.05, 4.69) is 4.98 Å². The molecular formula is C29H32N2O8. The van der Waals surface area contributed by atoms with Gasteiger partial charge in [0, 0.05) is 36.2 Å². The minimum absolute atomic E-state index is 0.0481. The number of aromatic nitrogens is 1. The third kappa shape index (κ3) is 4.31. The number of nitrogens with zero attached hydrogens (tertiary/aromatic N) is 1. The first-order chi connectivity index (χ1) is 18.5. The number of nitrogen functional groups attached to an aromatic ring is 1. The van der Waals surface area contributed by atoms with Crippen LogP contribution in [0.15, 0.2) is 39.7 Å². The minimum atomic E-state index is -1.26. The Balaban J connectivity index is 1.33. The number of esters is 1. The predicted molar refractivity (Wildman–Crippen MR) is 141 cm³/mol. The highest BCUT2D eigenvalue weighted by molar-refractivity contribution is 5.88. The van der Waals surface area contributed by atoms with Crippen molar-refractivity contribution in [3.05, 3.63) is 57.6 Å². The number of fused-ring (bicyclic) bond motifs is 4. The van der Waals surface area contributed by atoms with Gasteiger partial charge in [-0.2, -0.15) is 0 Å². The quantitative estimate of drug-likeness (QED) is 0.335. The zero-order chi connectivity index (χ0) is 27.7. The van der Waals surface area contributed by atoms with Gasteiger partial charge in [0.1, 0.15) is 45.8 Å². The molecule has 5 unspecified atom stereocenters. The van der Waals surface area contributed by atoms with Crippen LogP contribution in [-0.2, 0) is 20.7 Å². The Morgan fingerprint density at radius 3 is 2.74 bits per heavy atom. The molecule has 3 aromatic rings. The van der Waals surface area contributed by atoms with Crippen molar-refractivity contribution in [2.24, 2.45) is 0 Å². The molecule has 10 heteroatoms. The van der Waals surface area contributed by atoms with E-state index in [1.165, 1.54) is 6.07 Å². The number of carbonyl (C=O) groups excluding carboxylic acids is 1. The number of rotatable bonds is 3. The van der Waals surface area contributed by atoms with Gasteiger partial charge in [-0.1, -0.05) is 0 Å². The number of anilines is 1. The molecule has 0 radical (unpaired) electrons. The first-order valence-electron chi connectivity index (χ1n) is 13.3. The molecule has 39 heavy (non-hydrogen) atoms. The first-order valence-corrected chi connectivity index (χ1v) is 13.3. The Kier molecular flexibility index (Phi) is 5.89. The van der Waals surface area contributed by atoms with E-state index in [4.69, 9.17) is 24.4 Å². The lowest BCUT2D eigenvalue weighted by molar-refractivity contribution is -0.171. The highest BCUT2D eigenvalue weighted by Crippen LogP contribution is 2.53. The normalized spacial score (nSPS) is 29.4. The molecule has 4 N–H and O–H groups in total. The predicted octanol–water partition coefficient (Wildman–Crippen LogP) is 3.27. The molecule has 3 aliphatic rings. The number of phenolic OH excluding ortho intramolecular Hbond substituents is 1. The van der Waals surface area contributed by atoms with Gasteiger partial charge in [-0.3, -0.25) is 4.79 Å². The Bertz CT molecular complexity index is 1530. The number of hydrogen-bond donors (Lipinski definition) is 3. The van der Waals surface area contributed by atoms with Gasteiger partial charge < -0.3 is 34.6 Å². The maximum absolute atomic E-state index is 13.7. The fourth-order valence-corrected chi connectivity index (χ4v) is 6.30. The SMILES string of the molecule is Cc1cc(=O)c2c(O)c3c(cc2o1)OC(C)(C)C1OC(=O)C2(CC(O)CCC31)OC2CCc1ccnc(N)c1. The summed E-state index contributed by atoms with van der Waals surface area (Å²) in [5.41, 5.74) is 4.75. The van der Waals surface area contributed by atoms with E-state index in [1.54, 1.807) is 25.3 Å². The van der Waals surface area contributed by atoms with Crippen LogP contribution >= 0.6 is 0 Å². The third-order valence-electron chi connectivity index (χ3n) is 8.20. The summed E-state index contributed by atoms with van der Waals surface area (Å²) in [6.45, 7) is 5.29. The van der Waals surface area contributed by atoms with E-state index >= 15 is 0 Å². The van der Waals surface area contributed by atoms with Crippen molar-refractivity contribution in [2.75, 3.05) is 5.73 Å². The summed E-state index contributed by atoms with van der Waals surface area (Å²) in [4.78, 5) is 30.5. The molecule has 2 fully saturated rings. The first kappa shape index (κ1) is 25.6. The average molecular weight is 537 g/mol. The lowest BCUT2D eigenvalue weighted by atomic mass is 9.77. The van der Waals surface area contributed by atoms with Crippen LogP contribution < -0.4 is 15.9 Å². The number of carbonyl (C=O) groups is 1. The van der Waals surface area contributed by atoms with Crippen molar-refractivity contribution < 1.29 is 33.6 Å². The maximum atomic E-state index is 13.7. The van der Waals surface area contributed by atoms with Crippen LogP contribution in [0, 0.1) is 6.92 Å².